The zero-order valence-electron chi connectivity index (χ0n) is 18.1. The highest BCUT2D eigenvalue weighted by molar-refractivity contribution is 5.92. The SMILES string of the molecule is COCC(NC(=O)c1cc(=O)[nH]c(-c2ccc(OC(F)F)cn2)n1)c1ccc(OC(F)(F)F)c(F)c1. The fourth-order valence-electron chi connectivity index (χ4n) is 2.95. The highest BCUT2D eigenvalue weighted by Crippen LogP contribution is 2.28. The molecule has 0 aliphatic rings. The molecule has 0 saturated carbocycles. The molecule has 36 heavy (non-hydrogen) atoms. The molecule has 1 aromatic carbocycles. The first-order valence-corrected chi connectivity index (χ1v) is 9.82. The lowest BCUT2D eigenvalue weighted by Crippen LogP contribution is -2.33. The van der Waals surface area contributed by atoms with Crippen molar-refractivity contribution in [1.29, 1.82) is 0 Å². The smallest absolute Gasteiger partial charge is 0.433 e. The van der Waals surface area contributed by atoms with E-state index in [1.54, 1.807) is 0 Å². The van der Waals surface area contributed by atoms with E-state index in [0.29, 0.717) is 0 Å². The van der Waals surface area contributed by atoms with Crippen LogP contribution in [0.5, 0.6) is 11.5 Å². The first-order valence-electron chi connectivity index (χ1n) is 9.82. The van der Waals surface area contributed by atoms with Crippen LogP contribution in [0.4, 0.5) is 26.3 Å². The zero-order chi connectivity index (χ0) is 26.5. The molecule has 15 heteroatoms. The van der Waals surface area contributed by atoms with E-state index in [-0.39, 0.29) is 35.1 Å². The van der Waals surface area contributed by atoms with Crippen LogP contribution in [0.2, 0.25) is 0 Å². The number of aromatic nitrogens is 3. The van der Waals surface area contributed by atoms with E-state index >= 15 is 0 Å². The van der Waals surface area contributed by atoms with Gasteiger partial charge in [-0.05, 0) is 29.8 Å². The second kappa shape index (κ2) is 11.1. The summed E-state index contributed by atoms with van der Waals surface area (Å²) in [7, 11) is 1.27. The van der Waals surface area contributed by atoms with Gasteiger partial charge in [0, 0.05) is 13.2 Å². The van der Waals surface area contributed by atoms with Gasteiger partial charge in [0.25, 0.3) is 11.5 Å². The van der Waals surface area contributed by atoms with Gasteiger partial charge < -0.3 is 24.5 Å². The van der Waals surface area contributed by atoms with Gasteiger partial charge in [0.05, 0.1) is 18.8 Å². The molecule has 1 unspecified atom stereocenters. The van der Waals surface area contributed by atoms with Crippen LogP contribution in [0.15, 0.2) is 47.4 Å². The van der Waals surface area contributed by atoms with Crippen molar-refractivity contribution in [2.45, 2.75) is 19.0 Å². The molecule has 3 rings (SSSR count). The predicted molar refractivity (Wildman–Crippen MR) is 110 cm³/mol. The van der Waals surface area contributed by atoms with Crippen molar-refractivity contribution < 1.29 is 45.3 Å². The second-order valence-electron chi connectivity index (χ2n) is 6.96. The fraction of sp³-hybridized carbons (Fsp3) is 0.238. The number of carbonyl (C=O) groups excluding carboxylic acids is 1. The number of aromatic amines is 1. The summed E-state index contributed by atoms with van der Waals surface area (Å²) in [4.78, 5) is 35.0. The maximum Gasteiger partial charge on any atom is 0.573 e. The van der Waals surface area contributed by atoms with Crippen LogP contribution >= 0.6 is 0 Å². The van der Waals surface area contributed by atoms with Gasteiger partial charge in [-0.3, -0.25) is 9.59 Å². The molecule has 2 heterocycles. The molecule has 9 nitrogen and oxygen atoms in total. The molecule has 0 aliphatic heterocycles. The monoisotopic (exact) mass is 518 g/mol. The molecular weight excluding hydrogens is 502 g/mol. The van der Waals surface area contributed by atoms with Crippen LogP contribution in [0, 0.1) is 5.82 Å². The number of hydrogen-bond acceptors (Lipinski definition) is 7. The summed E-state index contributed by atoms with van der Waals surface area (Å²) in [6.07, 6.45) is -4.14. The minimum absolute atomic E-state index is 0.0270. The van der Waals surface area contributed by atoms with Crippen LogP contribution in [0.1, 0.15) is 22.1 Å². The summed E-state index contributed by atoms with van der Waals surface area (Å²) in [5.74, 6) is -3.71. The first kappa shape index (κ1) is 26.5. The number of benzene rings is 1. The van der Waals surface area contributed by atoms with Gasteiger partial charge in [-0.25, -0.2) is 14.4 Å². The van der Waals surface area contributed by atoms with Gasteiger partial charge >= 0.3 is 13.0 Å². The van der Waals surface area contributed by atoms with Crippen LogP contribution in [-0.4, -0.2) is 47.5 Å². The number of H-pyrrole nitrogens is 1. The molecule has 0 radical (unpaired) electrons. The Hall–Kier alpha value is -4.14. The summed E-state index contributed by atoms with van der Waals surface area (Å²) in [5.41, 5.74) is -1.07. The van der Waals surface area contributed by atoms with Crippen LogP contribution in [-0.2, 0) is 4.74 Å². The molecule has 3 aromatic rings. The van der Waals surface area contributed by atoms with Crippen molar-refractivity contribution in [3.63, 3.8) is 0 Å². The van der Waals surface area contributed by atoms with Gasteiger partial charge in [-0.15, -0.1) is 13.2 Å². The largest absolute Gasteiger partial charge is 0.573 e. The summed E-state index contributed by atoms with van der Waals surface area (Å²) in [6, 6.07) is 4.74. The van der Waals surface area contributed by atoms with E-state index in [4.69, 9.17) is 4.74 Å². The Morgan fingerprint density at radius 3 is 2.50 bits per heavy atom. The van der Waals surface area contributed by atoms with Crippen LogP contribution in [0.25, 0.3) is 11.5 Å². The molecule has 192 valence electrons. The Kier molecular flexibility index (Phi) is 8.14. The number of pyridine rings is 1. The van der Waals surface area contributed by atoms with Crippen molar-refractivity contribution in [2.24, 2.45) is 0 Å². The van der Waals surface area contributed by atoms with Crippen molar-refractivity contribution >= 4 is 5.91 Å². The molecule has 1 atom stereocenters. The van der Waals surface area contributed by atoms with Gasteiger partial charge in [0.1, 0.15) is 17.1 Å². The minimum Gasteiger partial charge on any atom is -0.433 e. The Morgan fingerprint density at radius 1 is 1.17 bits per heavy atom. The van der Waals surface area contributed by atoms with Gasteiger partial charge in [0.2, 0.25) is 0 Å². The maximum atomic E-state index is 14.1. The number of carbonyl (C=O) groups is 1. The molecule has 0 fully saturated rings. The summed E-state index contributed by atoms with van der Waals surface area (Å²) >= 11 is 0. The molecule has 0 spiro atoms. The number of ether oxygens (including phenoxy) is 3. The summed E-state index contributed by atoms with van der Waals surface area (Å²) in [6.45, 7) is -3.28. The van der Waals surface area contributed by atoms with Crippen molar-refractivity contribution in [3.05, 3.63) is 70.0 Å². The molecule has 2 aromatic heterocycles. The molecular formula is C21H16F6N4O5. The average molecular weight is 518 g/mol. The number of rotatable bonds is 9. The minimum atomic E-state index is -5.10. The number of halogens is 6. The van der Waals surface area contributed by atoms with Gasteiger partial charge in [-0.1, -0.05) is 6.07 Å². The number of hydrogen-bond donors (Lipinski definition) is 2. The Morgan fingerprint density at radius 2 is 1.92 bits per heavy atom. The highest BCUT2D eigenvalue weighted by atomic mass is 19.4. The van der Waals surface area contributed by atoms with E-state index in [1.165, 1.54) is 13.2 Å². The molecule has 0 bridgehead atoms. The third kappa shape index (κ3) is 7.18. The third-order valence-electron chi connectivity index (χ3n) is 4.40. The zero-order valence-corrected chi connectivity index (χ0v) is 18.1. The van der Waals surface area contributed by atoms with E-state index in [0.717, 1.165) is 36.5 Å². The van der Waals surface area contributed by atoms with Gasteiger partial charge in [-0.2, -0.15) is 8.78 Å². The lowest BCUT2D eigenvalue weighted by molar-refractivity contribution is -0.275. The van der Waals surface area contributed by atoms with E-state index < -0.39 is 42.0 Å². The normalized spacial score (nSPS) is 12.3. The van der Waals surface area contributed by atoms with E-state index in [2.05, 4.69) is 29.7 Å². The Labute approximate surface area is 198 Å². The topological polar surface area (TPSA) is 115 Å². The number of nitrogens with zero attached hydrogens (tertiary/aromatic N) is 2. The van der Waals surface area contributed by atoms with E-state index in [1.807, 2.05) is 0 Å². The number of nitrogens with one attached hydrogen (secondary N) is 2. The van der Waals surface area contributed by atoms with Crippen LogP contribution < -0.4 is 20.3 Å². The number of alkyl halides is 5. The molecule has 0 saturated heterocycles. The van der Waals surface area contributed by atoms with Crippen molar-refractivity contribution in [3.8, 4) is 23.0 Å². The first-order chi connectivity index (χ1) is 16.9. The molecule has 2 N–H and O–H groups in total. The summed E-state index contributed by atoms with van der Waals surface area (Å²) in [5, 5.41) is 2.45. The Bertz CT molecular complexity index is 1270. The standard InChI is InChI=1S/C21H16F6N4O5/c1-34-9-15(10-2-5-16(12(22)6-10)36-21(25,26)27)30-19(33)14-7-17(32)31-18(29-14)13-4-3-11(8-28-13)35-20(23)24/h2-8,15,20H,9H2,1H3,(H,30,33)(H,29,31,32). The molecule has 1 amide bonds. The highest BCUT2D eigenvalue weighted by Gasteiger charge is 2.32. The summed E-state index contributed by atoms with van der Waals surface area (Å²) < 4.78 is 88.6. The third-order valence-corrected chi connectivity index (χ3v) is 4.40. The number of methoxy groups -OCH3 is 1. The fourth-order valence-corrected chi connectivity index (χ4v) is 2.95. The van der Waals surface area contributed by atoms with Gasteiger partial charge in [0.15, 0.2) is 17.4 Å². The predicted octanol–water partition coefficient (Wildman–Crippen LogP) is 3.59. The second-order valence-corrected chi connectivity index (χ2v) is 6.96. The quantitative estimate of drug-likeness (QED) is 0.416. The van der Waals surface area contributed by atoms with Crippen molar-refractivity contribution in [1.82, 2.24) is 20.3 Å². The van der Waals surface area contributed by atoms with Crippen molar-refractivity contribution in [2.75, 3.05) is 13.7 Å². The molecule has 0 aliphatic carbocycles. The maximum absolute atomic E-state index is 14.1. The lowest BCUT2D eigenvalue weighted by Gasteiger charge is -2.19. The van der Waals surface area contributed by atoms with Crippen LogP contribution in [0.3, 0.4) is 0 Å². The Balaban J connectivity index is 1.83. The number of amides is 1. The van der Waals surface area contributed by atoms with E-state index in [9.17, 15) is 35.9 Å². The average Bonchev–Trinajstić information content (AvgIpc) is 2.79. The lowest BCUT2D eigenvalue weighted by atomic mass is 10.1.